The molecule has 0 N–H and O–H groups in total. The fraction of sp³-hybridized carbons (Fsp3) is 0.333. The normalized spacial score (nSPS) is 14.6. The minimum atomic E-state index is 0.109. The van der Waals surface area contributed by atoms with Gasteiger partial charge in [-0.3, -0.25) is 0 Å². The first-order valence-electron chi connectivity index (χ1n) is 5.37. The quantitative estimate of drug-likeness (QED) is 0.598. The molecule has 0 saturated carbocycles. The molecule has 0 saturated heterocycles. The highest BCUT2D eigenvalue weighted by atomic mass is 14.2. The van der Waals surface area contributed by atoms with Gasteiger partial charge in [-0.05, 0) is 31.9 Å². The third kappa shape index (κ3) is 2.73. The molecule has 0 atom stereocenters. The molecule has 2 rings (SSSR count). The molecule has 1 aromatic rings. The van der Waals surface area contributed by atoms with Gasteiger partial charge in [0.2, 0.25) is 0 Å². The summed E-state index contributed by atoms with van der Waals surface area (Å²) in [6, 6.07) is 10.5. The lowest BCUT2D eigenvalue weighted by Gasteiger charge is -2.05. The summed E-state index contributed by atoms with van der Waals surface area (Å²) in [7, 11) is 0. The molecule has 0 amide bonds. The summed E-state index contributed by atoms with van der Waals surface area (Å²) in [6.45, 7) is 6.43. The van der Waals surface area contributed by atoms with E-state index in [9.17, 15) is 0 Å². The summed E-state index contributed by atoms with van der Waals surface area (Å²) in [4.78, 5) is 0. The molecule has 0 unspecified atom stereocenters. The highest BCUT2D eigenvalue weighted by Crippen LogP contribution is 2.39. The molecule has 0 radical (unpaired) electrons. The van der Waals surface area contributed by atoms with Crippen molar-refractivity contribution < 1.29 is 0 Å². The molecular formula is C15H16. The van der Waals surface area contributed by atoms with E-state index in [4.69, 9.17) is 0 Å². The van der Waals surface area contributed by atoms with Gasteiger partial charge >= 0.3 is 0 Å². The van der Waals surface area contributed by atoms with Crippen LogP contribution >= 0.6 is 0 Å². The second kappa shape index (κ2) is 3.59. The fourth-order valence-corrected chi connectivity index (χ4v) is 1.43. The third-order valence-corrected chi connectivity index (χ3v) is 2.30. The van der Waals surface area contributed by atoms with E-state index in [0.717, 1.165) is 6.42 Å². The first kappa shape index (κ1) is 10.1. The van der Waals surface area contributed by atoms with Crippen molar-refractivity contribution in [2.75, 3.05) is 0 Å². The van der Waals surface area contributed by atoms with Crippen molar-refractivity contribution in [3.8, 4) is 11.8 Å². The van der Waals surface area contributed by atoms with Gasteiger partial charge in [-0.2, -0.15) is 0 Å². The Hall–Kier alpha value is -1.48. The minimum Gasteiger partial charge on any atom is -0.0923 e. The lowest BCUT2D eigenvalue weighted by atomic mass is 9.98. The summed E-state index contributed by atoms with van der Waals surface area (Å²) in [5.41, 5.74) is 4.18. The van der Waals surface area contributed by atoms with Crippen LogP contribution in [0, 0.1) is 17.3 Å². The summed E-state index contributed by atoms with van der Waals surface area (Å²) in [5, 5.41) is 0. The number of rotatable bonds is 1. The fourth-order valence-electron chi connectivity index (χ4n) is 1.43. The van der Waals surface area contributed by atoms with Crippen molar-refractivity contribution in [3.05, 3.63) is 41.5 Å². The average molecular weight is 196 g/mol. The summed E-state index contributed by atoms with van der Waals surface area (Å²) in [5.74, 6) is 6.55. The van der Waals surface area contributed by atoms with Crippen LogP contribution in [0.5, 0.6) is 0 Å². The maximum absolute atomic E-state index is 3.28. The summed E-state index contributed by atoms with van der Waals surface area (Å²) < 4.78 is 0. The molecule has 0 aliphatic heterocycles. The maximum atomic E-state index is 3.28. The van der Waals surface area contributed by atoms with Crippen molar-refractivity contribution in [2.24, 2.45) is 5.41 Å². The monoisotopic (exact) mass is 196 g/mol. The third-order valence-electron chi connectivity index (χ3n) is 2.30. The topological polar surface area (TPSA) is 0 Å². The van der Waals surface area contributed by atoms with E-state index >= 15 is 0 Å². The Morgan fingerprint density at radius 2 is 1.73 bits per heavy atom. The van der Waals surface area contributed by atoms with E-state index in [2.05, 4.69) is 56.9 Å². The highest BCUT2D eigenvalue weighted by Gasteiger charge is 2.21. The zero-order chi connectivity index (χ0) is 10.9. The van der Waals surface area contributed by atoms with E-state index < -0.39 is 0 Å². The van der Waals surface area contributed by atoms with E-state index in [0.29, 0.717) is 0 Å². The Kier molecular flexibility index (Phi) is 2.40. The summed E-state index contributed by atoms with van der Waals surface area (Å²) >= 11 is 0. The average Bonchev–Trinajstić information content (AvgIpc) is 2.94. The molecule has 1 aromatic carbocycles. The van der Waals surface area contributed by atoms with Gasteiger partial charge < -0.3 is 0 Å². The Bertz CT molecular complexity index is 444. The van der Waals surface area contributed by atoms with Crippen LogP contribution in [-0.2, 0) is 0 Å². The van der Waals surface area contributed by atoms with Gasteiger partial charge in [0, 0.05) is 17.4 Å². The van der Waals surface area contributed by atoms with Gasteiger partial charge in [0.05, 0.1) is 0 Å². The van der Waals surface area contributed by atoms with Crippen LogP contribution in [0.1, 0.15) is 32.8 Å². The number of hydrogen-bond donors (Lipinski definition) is 0. The zero-order valence-electron chi connectivity index (χ0n) is 9.59. The summed E-state index contributed by atoms with van der Waals surface area (Å²) in [6.07, 6.45) is 1.08. The number of benzene rings is 1. The van der Waals surface area contributed by atoms with E-state index in [1.165, 1.54) is 16.7 Å². The minimum absolute atomic E-state index is 0.109. The van der Waals surface area contributed by atoms with Crippen LogP contribution in [0.25, 0.3) is 5.57 Å². The lowest BCUT2D eigenvalue weighted by Crippen LogP contribution is -1.98. The Morgan fingerprint density at radius 1 is 1.07 bits per heavy atom. The predicted molar refractivity (Wildman–Crippen MR) is 65.2 cm³/mol. The smallest absolute Gasteiger partial charge is 0.0233 e. The Morgan fingerprint density at radius 3 is 2.33 bits per heavy atom. The first-order chi connectivity index (χ1) is 7.06. The maximum Gasteiger partial charge on any atom is 0.0233 e. The van der Waals surface area contributed by atoms with Crippen LogP contribution < -0.4 is 0 Å². The van der Waals surface area contributed by atoms with Gasteiger partial charge in [0.25, 0.3) is 0 Å². The Labute approximate surface area is 92.0 Å². The molecule has 1 aliphatic rings. The van der Waals surface area contributed by atoms with E-state index in [1.54, 1.807) is 0 Å². The molecule has 0 fully saturated rings. The van der Waals surface area contributed by atoms with Gasteiger partial charge in [0.1, 0.15) is 0 Å². The van der Waals surface area contributed by atoms with Crippen LogP contribution in [0.3, 0.4) is 0 Å². The van der Waals surface area contributed by atoms with Gasteiger partial charge in [0.15, 0.2) is 0 Å². The molecule has 0 bridgehead atoms. The molecule has 0 spiro atoms. The van der Waals surface area contributed by atoms with Gasteiger partial charge in [-0.25, -0.2) is 0 Å². The van der Waals surface area contributed by atoms with Crippen molar-refractivity contribution in [2.45, 2.75) is 27.2 Å². The molecule has 0 aromatic heterocycles. The standard InChI is InChI=1S/C15H16/c1-15(2,3)10-9-13-11-14(13)12-7-5-4-6-8-12/h4-8H,11H2,1-3H3. The molecule has 76 valence electrons. The largest absolute Gasteiger partial charge is 0.0923 e. The second-order valence-electron chi connectivity index (χ2n) is 5.00. The van der Waals surface area contributed by atoms with Gasteiger partial charge in [-0.1, -0.05) is 42.2 Å². The lowest BCUT2D eigenvalue weighted by molar-refractivity contribution is 0.571. The van der Waals surface area contributed by atoms with Crippen LogP contribution in [0.2, 0.25) is 0 Å². The predicted octanol–water partition coefficient (Wildman–Crippen LogP) is 3.89. The Balaban J connectivity index is 2.17. The second-order valence-corrected chi connectivity index (χ2v) is 5.00. The molecular weight excluding hydrogens is 180 g/mol. The highest BCUT2D eigenvalue weighted by molar-refractivity contribution is 5.86. The molecule has 15 heavy (non-hydrogen) atoms. The van der Waals surface area contributed by atoms with Crippen LogP contribution in [0.15, 0.2) is 35.9 Å². The molecule has 1 aliphatic carbocycles. The van der Waals surface area contributed by atoms with E-state index in [1.807, 2.05) is 6.07 Å². The molecule has 0 heterocycles. The number of allylic oxidation sites excluding steroid dienone is 2. The van der Waals surface area contributed by atoms with Crippen LogP contribution in [0.4, 0.5) is 0 Å². The SMILES string of the molecule is CC(C)(C)C#CC1=C(c2ccccc2)C1. The van der Waals surface area contributed by atoms with Crippen molar-refractivity contribution in [1.82, 2.24) is 0 Å². The van der Waals surface area contributed by atoms with Crippen molar-refractivity contribution >= 4 is 5.57 Å². The first-order valence-corrected chi connectivity index (χ1v) is 5.37. The van der Waals surface area contributed by atoms with Crippen molar-refractivity contribution in [1.29, 1.82) is 0 Å². The van der Waals surface area contributed by atoms with E-state index in [-0.39, 0.29) is 5.41 Å². The van der Waals surface area contributed by atoms with Gasteiger partial charge in [-0.15, -0.1) is 0 Å². The zero-order valence-corrected chi connectivity index (χ0v) is 9.59. The van der Waals surface area contributed by atoms with Crippen LogP contribution in [-0.4, -0.2) is 0 Å². The van der Waals surface area contributed by atoms with Crippen molar-refractivity contribution in [3.63, 3.8) is 0 Å². The molecule has 0 heteroatoms. The number of hydrogen-bond acceptors (Lipinski definition) is 0. The molecule has 0 nitrogen and oxygen atoms in total.